The summed E-state index contributed by atoms with van der Waals surface area (Å²) in [5.74, 6) is 0.875. The van der Waals surface area contributed by atoms with Gasteiger partial charge in [0.15, 0.2) is 0 Å². The Morgan fingerprint density at radius 2 is 1.81 bits per heavy atom. The lowest BCUT2D eigenvalue weighted by molar-refractivity contribution is -0.133. The molecule has 31 heavy (non-hydrogen) atoms. The van der Waals surface area contributed by atoms with E-state index in [1.54, 1.807) is 11.3 Å². The van der Waals surface area contributed by atoms with Gasteiger partial charge in [-0.25, -0.2) is 0 Å². The Balaban J connectivity index is 1.15. The molecule has 1 atom stereocenters. The van der Waals surface area contributed by atoms with Crippen molar-refractivity contribution in [3.8, 4) is 0 Å². The maximum absolute atomic E-state index is 13.1. The van der Waals surface area contributed by atoms with Gasteiger partial charge < -0.3 is 9.64 Å². The molecule has 3 heterocycles. The molecule has 166 valence electrons. The third-order valence-corrected chi connectivity index (χ3v) is 8.26. The summed E-state index contributed by atoms with van der Waals surface area (Å²) >= 11 is 1.68. The smallest absolute Gasteiger partial charge is 0.227 e. The van der Waals surface area contributed by atoms with Crippen molar-refractivity contribution in [1.29, 1.82) is 0 Å². The van der Waals surface area contributed by atoms with Crippen LogP contribution in [0.5, 0.6) is 0 Å². The number of likely N-dealkylation sites (tertiary alicyclic amines) is 1. The minimum atomic E-state index is 0.226. The molecule has 0 spiro atoms. The third kappa shape index (κ3) is 5.21. The minimum Gasteiger partial charge on any atom is -0.376 e. The molecule has 1 aromatic carbocycles. The molecule has 1 aliphatic carbocycles. The molecular formula is C26H34N2O2S. The number of nitrogens with zero attached hydrogens (tertiary/aromatic N) is 2. The second-order valence-electron chi connectivity index (χ2n) is 9.50. The Hall–Kier alpha value is -1.69. The van der Waals surface area contributed by atoms with E-state index in [0.29, 0.717) is 18.4 Å². The van der Waals surface area contributed by atoms with E-state index >= 15 is 0 Å². The van der Waals surface area contributed by atoms with Crippen molar-refractivity contribution < 1.29 is 9.53 Å². The molecule has 1 aromatic heterocycles. The van der Waals surface area contributed by atoms with E-state index in [2.05, 4.69) is 45.5 Å². The Labute approximate surface area is 190 Å². The lowest BCUT2D eigenvalue weighted by atomic mass is 9.94. The van der Waals surface area contributed by atoms with Crippen LogP contribution < -0.4 is 0 Å². The van der Waals surface area contributed by atoms with Crippen LogP contribution in [0.1, 0.15) is 41.7 Å². The van der Waals surface area contributed by atoms with Crippen LogP contribution in [-0.4, -0.2) is 60.6 Å². The van der Waals surface area contributed by atoms with Crippen molar-refractivity contribution in [3.05, 3.63) is 57.8 Å². The highest BCUT2D eigenvalue weighted by Gasteiger charge is 2.31. The monoisotopic (exact) mass is 438 g/mol. The second-order valence-corrected chi connectivity index (χ2v) is 10.5. The number of ether oxygens (including phenoxy) is 1. The quantitative estimate of drug-likeness (QED) is 0.650. The van der Waals surface area contributed by atoms with E-state index < -0.39 is 0 Å². The van der Waals surface area contributed by atoms with E-state index in [1.807, 2.05) is 6.07 Å². The molecule has 4 nitrogen and oxygen atoms in total. The van der Waals surface area contributed by atoms with E-state index in [-0.39, 0.29) is 12.0 Å². The fourth-order valence-electron chi connectivity index (χ4n) is 5.59. The number of piperidine rings is 1. The van der Waals surface area contributed by atoms with Crippen molar-refractivity contribution in [1.82, 2.24) is 9.80 Å². The molecule has 0 saturated carbocycles. The summed E-state index contributed by atoms with van der Waals surface area (Å²) in [5, 5.41) is 2.06. The van der Waals surface area contributed by atoms with Gasteiger partial charge in [0.1, 0.15) is 0 Å². The molecule has 2 saturated heterocycles. The molecule has 2 aliphatic heterocycles. The van der Waals surface area contributed by atoms with Gasteiger partial charge in [0.05, 0.1) is 12.5 Å². The number of carbonyl (C=O) groups excluding carboxylic acids is 1. The molecule has 3 aliphatic rings. The predicted molar refractivity (Wildman–Crippen MR) is 126 cm³/mol. The maximum Gasteiger partial charge on any atom is 0.227 e. The average molecular weight is 439 g/mol. The van der Waals surface area contributed by atoms with Gasteiger partial charge in [0.25, 0.3) is 0 Å². The summed E-state index contributed by atoms with van der Waals surface area (Å²) in [6.07, 6.45) is 7.76. The summed E-state index contributed by atoms with van der Waals surface area (Å²) in [7, 11) is 0. The first-order chi connectivity index (χ1) is 15.2. The summed E-state index contributed by atoms with van der Waals surface area (Å²) < 4.78 is 5.87. The van der Waals surface area contributed by atoms with Gasteiger partial charge in [-0.05, 0) is 80.1 Å². The number of carbonyl (C=O) groups is 1. The number of hydrogen-bond donors (Lipinski definition) is 0. The number of rotatable bonds is 7. The topological polar surface area (TPSA) is 32.8 Å². The number of hydrogen-bond acceptors (Lipinski definition) is 4. The van der Waals surface area contributed by atoms with Gasteiger partial charge in [-0.1, -0.05) is 30.3 Å². The van der Waals surface area contributed by atoms with Crippen LogP contribution >= 0.6 is 11.3 Å². The zero-order valence-corrected chi connectivity index (χ0v) is 19.2. The normalized spacial score (nSPS) is 22.6. The molecule has 2 fully saturated rings. The summed E-state index contributed by atoms with van der Waals surface area (Å²) in [6, 6.07) is 13.7. The molecule has 0 radical (unpaired) electrons. The highest BCUT2D eigenvalue weighted by atomic mass is 32.1. The summed E-state index contributed by atoms with van der Waals surface area (Å²) in [4.78, 5) is 19.1. The highest BCUT2D eigenvalue weighted by molar-refractivity contribution is 7.10. The van der Waals surface area contributed by atoms with Crippen LogP contribution in [0.25, 0.3) is 0 Å². The first kappa shape index (κ1) is 21.2. The van der Waals surface area contributed by atoms with Crippen LogP contribution in [0, 0.1) is 5.92 Å². The predicted octanol–water partition coefficient (Wildman–Crippen LogP) is 4.18. The number of benzene rings is 1. The fourth-order valence-corrected chi connectivity index (χ4v) is 6.29. The lowest BCUT2D eigenvalue weighted by Gasteiger charge is -2.38. The van der Waals surface area contributed by atoms with Gasteiger partial charge >= 0.3 is 0 Å². The van der Waals surface area contributed by atoms with Crippen molar-refractivity contribution in [2.45, 2.75) is 57.1 Å². The Bertz CT molecular complexity index is 829. The van der Waals surface area contributed by atoms with Gasteiger partial charge in [0, 0.05) is 30.6 Å². The summed E-state index contributed by atoms with van der Waals surface area (Å²) in [6.45, 7) is 4.83. The van der Waals surface area contributed by atoms with E-state index in [9.17, 15) is 4.79 Å². The van der Waals surface area contributed by atoms with E-state index in [4.69, 9.17) is 4.74 Å². The van der Waals surface area contributed by atoms with Gasteiger partial charge in [-0.3, -0.25) is 9.69 Å². The molecular weight excluding hydrogens is 404 g/mol. The lowest BCUT2D eigenvalue weighted by Crippen LogP contribution is -2.46. The van der Waals surface area contributed by atoms with Crippen molar-refractivity contribution in [2.75, 3.05) is 32.8 Å². The first-order valence-corrected chi connectivity index (χ1v) is 12.8. The molecule has 0 bridgehead atoms. The largest absolute Gasteiger partial charge is 0.376 e. The maximum atomic E-state index is 13.1. The summed E-state index contributed by atoms with van der Waals surface area (Å²) in [5.41, 5.74) is 3.08. The number of fused-ring (bicyclic) bond motifs is 1. The molecule has 5 heteroatoms. The molecule has 2 aromatic rings. The standard InChI is InChI=1S/C26H34N2O2S/c29-26(17-25-8-4-14-31-25)28(19-24-7-3-13-30-24)18-20-9-11-27(12-10-20)23-15-21-5-1-2-6-22(21)16-23/h1-2,4-6,8,14,20,23-24H,3,7,9-13,15-19H2/t24-/m1/s1. The second kappa shape index (κ2) is 9.85. The molecule has 0 N–H and O–H groups in total. The van der Waals surface area contributed by atoms with Crippen LogP contribution in [0.4, 0.5) is 0 Å². The molecule has 1 amide bonds. The first-order valence-electron chi connectivity index (χ1n) is 12.0. The van der Waals surface area contributed by atoms with Crippen molar-refractivity contribution >= 4 is 17.2 Å². The van der Waals surface area contributed by atoms with Crippen molar-refractivity contribution in [3.63, 3.8) is 0 Å². The minimum absolute atomic E-state index is 0.226. The zero-order chi connectivity index (χ0) is 21.0. The van der Waals surface area contributed by atoms with Gasteiger partial charge in [-0.15, -0.1) is 11.3 Å². The van der Waals surface area contributed by atoms with Gasteiger partial charge in [-0.2, -0.15) is 0 Å². The Kier molecular flexibility index (Phi) is 6.72. The van der Waals surface area contributed by atoms with Gasteiger partial charge in [0.2, 0.25) is 5.91 Å². The third-order valence-electron chi connectivity index (χ3n) is 7.38. The van der Waals surface area contributed by atoms with Crippen molar-refractivity contribution in [2.24, 2.45) is 5.92 Å². The van der Waals surface area contributed by atoms with Crippen LogP contribution in [0.15, 0.2) is 41.8 Å². The highest BCUT2D eigenvalue weighted by Crippen LogP contribution is 2.29. The number of thiophene rings is 1. The van der Waals surface area contributed by atoms with Crippen LogP contribution in [0.3, 0.4) is 0 Å². The Morgan fingerprint density at radius 1 is 1.03 bits per heavy atom. The SMILES string of the molecule is O=C(Cc1cccs1)N(CC1CCN(C2Cc3ccccc3C2)CC1)C[C@H]1CCCO1. The number of amides is 1. The molecule has 0 unspecified atom stereocenters. The van der Waals surface area contributed by atoms with E-state index in [0.717, 1.165) is 50.5 Å². The van der Waals surface area contributed by atoms with Crippen LogP contribution in [0.2, 0.25) is 0 Å². The van der Waals surface area contributed by atoms with E-state index in [1.165, 1.54) is 36.8 Å². The Morgan fingerprint density at radius 3 is 2.45 bits per heavy atom. The van der Waals surface area contributed by atoms with Crippen LogP contribution in [-0.2, 0) is 28.8 Å². The molecule has 5 rings (SSSR count). The zero-order valence-electron chi connectivity index (χ0n) is 18.4. The average Bonchev–Trinajstić information content (AvgIpc) is 3.55. The fraction of sp³-hybridized carbons (Fsp3) is 0.577.